The van der Waals surface area contributed by atoms with Gasteiger partial charge in [-0.3, -0.25) is 0 Å². The van der Waals surface area contributed by atoms with Gasteiger partial charge in [-0.2, -0.15) is 13.2 Å². The maximum atomic E-state index is 12.1. The fourth-order valence-electron chi connectivity index (χ4n) is 3.13. The van der Waals surface area contributed by atoms with Crippen LogP contribution in [0, 0.1) is 0 Å². The van der Waals surface area contributed by atoms with E-state index in [4.69, 9.17) is 14.2 Å². The summed E-state index contributed by atoms with van der Waals surface area (Å²) in [7, 11) is 0. The quantitative estimate of drug-likeness (QED) is 0.114. The molecule has 2 rings (SSSR count). The van der Waals surface area contributed by atoms with Crippen LogP contribution in [0.2, 0.25) is 0 Å². The van der Waals surface area contributed by atoms with Crippen molar-refractivity contribution in [1.82, 2.24) is 0 Å². The van der Waals surface area contributed by atoms with E-state index in [-0.39, 0.29) is 13.0 Å². The predicted octanol–water partition coefficient (Wildman–Crippen LogP) is 7.77. The number of alkyl halides is 3. The van der Waals surface area contributed by atoms with Gasteiger partial charge in [0.2, 0.25) is 0 Å². The highest BCUT2D eigenvalue weighted by atomic mass is 19.4. The molecule has 2 aromatic carbocycles. The molecule has 7 heteroatoms. The molecule has 186 valence electrons. The van der Waals surface area contributed by atoms with Gasteiger partial charge in [-0.25, -0.2) is 4.79 Å². The number of benzene rings is 2. The number of unbranched alkanes of at least 4 members (excludes halogenated alkanes) is 5. The van der Waals surface area contributed by atoms with E-state index < -0.39 is 18.6 Å². The average molecular weight is 479 g/mol. The second-order valence-electron chi connectivity index (χ2n) is 7.98. The average Bonchev–Trinajstić information content (AvgIpc) is 2.81. The van der Waals surface area contributed by atoms with Crippen molar-refractivity contribution in [2.45, 2.75) is 64.5 Å². The summed E-state index contributed by atoms with van der Waals surface area (Å²) >= 11 is 0. The molecular formula is C27H33F3O4. The van der Waals surface area contributed by atoms with Crippen molar-refractivity contribution >= 4 is 12.0 Å². The molecule has 0 aliphatic rings. The van der Waals surface area contributed by atoms with Crippen molar-refractivity contribution in [2.24, 2.45) is 0 Å². The van der Waals surface area contributed by atoms with Crippen molar-refractivity contribution in [3.05, 3.63) is 60.2 Å². The van der Waals surface area contributed by atoms with Crippen LogP contribution in [0.1, 0.15) is 63.9 Å². The van der Waals surface area contributed by atoms with E-state index in [0.717, 1.165) is 17.7 Å². The minimum Gasteiger partial charge on any atom is -0.494 e. The van der Waals surface area contributed by atoms with Crippen molar-refractivity contribution in [2.75, 3.05) is 13.2 Å². The molecule has 0 unspecified atom stereocenters. The lowest BCUT2D eigenvalue weighted by Gasteiger charge is -2.08. The van der Waals surface area contributed by atoms with E-state index in [9.17, 15) is 18.0 Å². The first kappa shape index (κ1) is 27.3. The van der Waals surface area contributed by atoms with E-state index in [0.29, 0.717) is 18.1 Å². The smallest absolute Gasteiger partial charge is 0.389 e. The normalized spacial score (nSPS) is 11.5. The van der Waals surface area contributed by atoms with E-state index in [1.165, 1.54) is 50.3 Å². The third kappa shape index (κ3) is 12.3. The Hall–Kier alpha value is -2.96. The number of rotatable bonds is 15. The molecule has 0 aromatic heterocycles. The predicted molar refractivity (Wildman–Crippen MR) is 127 cm³/mol. The molecule has 0 spiro atoms. The Balaban J connectivity index is 1.68. The lowest BCUT2D eigenvalue weighted by molar-refractivity contribution is -0.136. The monoisotopic (exact) mass is 478 g/mol. The van der Waals surface area contributed by atoms with Crippen LogP contribution >= 0.6 is 0 Å². The third-order valence-corrected chi connectivity index (χ3v) is 4.97. The van der Waals surface area contributed by atoms with E-state index in [1.807, 2.05) is 24.3 Å². The molecule has 34 heavy (non-hydrogen) atoms. The lowest BCUT2D eigenvalue weighted by Crippen LogP contribution is -2.09. The molecular weight excluding hydrogens is 445 g/mol. The summed E-state index contributed by atoms with van der Waals surface area (Å²) in [6, 6.07) is 13.6. The molecule has 0 atom stereocenters. The van der Waals surface area contributed by atoms with Gasteiger partial charge in [0.1, 0.15) is 17.2 Å². The first-order chi connectivity index (χ1) is 16.4. The zero-order chi connectivity index (χ0) is 24.7. The molecule has 0 fully saturated rings. The minimum atomic E-state index is -4.18. The molecule has 0 N–H and O–H groups in total. The highest BCUT2D eigenvalue weighted by Gasteiger charge is 2.26. The highest BCUT2D eigenvalue weighted by Crippen LogP contribution is 2.22. The summed E-state index contributed by atoms with van der Waals surface area (Å²) in [6.07, 6.45) is 5.10. The Bertz CT molecular complexity index is 859. The molecule has 0 aliphatic heterocycles. The molecule has 0 saturated heterocycles. The maximum absolute atomic E-state index is 12.1. The number of esters is 1. The summed E-state index contributed by atoms with van der Waals surface area (Å²) in [6.45, 7) is 2.87. The Morgan fingerprint density at radius 3 is 1.91 bits per heavy atom. The second kappa shape index (κ2) is 15.0. The fourth-order valence-corrected chi connectivity index (χ4v) is 3.13. The van der Waals surface area contributed by atoms with Crippen LogP contribution in [0.3, 0.4) is 0 Å². The summed E-state index contributed by atoms with van der Waals surface area (Å²) in [5.41, 5.74) is 0.839. The first-order valence-electron chi connectivity index (χ1n) is 11.8. The summed E-state index contributed by atoms with van der Waals surface area (Å²) in [4.78, 5) is 12.0. The zero-order valence-corrected chi connectivity index (χ0v) is 19.6. The van der Waals surface area contributed by atoms with Crippen LogP contribution in [0.15, 0.2) is 54.6 Å². The van der Waals surface area contributed by atoms with Gasteiger partial charge < -0.3 is 14.2 Å². The van der Waals surface area contributed by atoms with Crippen molar-refractivity contribution in [3.8, 4) is 17.2 Å². The molecule has 0 saturated carbocycles. The van der Waals surface area contributed by atoms with Gasteiger partial charge >= 0.3 is 12.1 Å². The van der Waals surface area contributed by atoms with Crippen molar-refractivity contribution in [3.63, 3.8) is 0 Å². The maximum Gasteiger partial charge on any atom is 0.389 e. The number of carbonyl (C=O) groups is 1. The van der Waals surface area contributed by atoms with Crippen LogP contribution in [0.4, 0.5) is 13.2 Å². The fraction of sp³-hybridized carbons (Fsp3) is 0.444. The Morgan fingerprint density at radius 2 is 1.29 bits per heavy atom. The SMILES string of the molecule is CCCCCCCCOc1ccc(C=CC(=O)Oc2ccc(OCCCC(F)(F)F)cc2)cc1. The van der Waals surface area contributed by atoms with E-state index >= 15 is 0 Å². The van der Waals surface area contributed by atoms with Crippen molar-refractivity contribution < 1.29 is 32.2 Å². The summed E-state index contributed by atoms with van der Waals surface area (Å²) in [5.74, 6) is 0.989. The van der Waals surface area contributed by atoms with Gasteiger partial charge in [-0.15, -0.1) is 0 Å². The van der Waals surface area contributed by atoms with Gasteiger partial charge in [0.15, 0.2) is 0 Å². The molecule has 2 aromatic rings. The van der Waals surface area contributed by atoms with Gasteiger partial charge in [0, 0.05) is 12.5 Å². The Labute approximate surface area is 199 Å². The molecule has 0 heterocycles. The summed E-state index contributed by atoms with van der Waals surface area (Å²) < 4.78 is 52.6. The van der Waals surface area contributed by atoms with Crippen LogP contribution in [0.5, 0.6) is 17.2 Å². The van der Waals surface area contributed by atoms with Crippen LogP contribution < -0.4 is 14.2 Å². The highest BCUT2D eigenvalue weighted by molar-refractivity contribution is 5.88. The van der Waals surface area contributed by atoms with E-state index in [2.05, 4.69) is 6.92 Å². The number of carbonyl (C=O) groups excluding carboxylic acids is 1. The van der Waals surface area contributed by atoms with Crippen molar-refractivity contribution in [1.29, 1.82) is 0 Å². The number of ether oxygens (including phenoxy) is 3. The number of hydrogen-bond donors (Lipinski definition) is 0. The van der Waals surface area contributed by atoms with Crippen LogP contribution in [-0.2, 0) is 4.79 Å². The lowest BCUT2D eigenvalue weighted by atomic mass is 10.1. The second-order valence-corrected chi connectivity index (χ2v) is 7.98. The topological polar surface area (TPSA) is 44.8 Å². The molecule has 0 aliphatic carbocycles. The third-order valence-electron chi connectivity index (χ3n) is 4.97. The summed E-state index contributed by atoms with van der Waals surface area (Å²) in [5, 5.41) is 0. The minimum absolute atomic E-state index is 0.0374. The number of halogens is 3. The molecule has 0 amide bonds. The standard InChI is InChI=1S/C27H33F3O4/c1-2-3-4-5-6-7-20-32-23-12-9-22(10-13-23)11-18-26(31)34-25-16-14-24(15-17-25)33-21-8-19-27(28,29)30/h9-18H,2-8,19-21H2,1H3. The van der Waals surface area contributed by atoms with E-state index in [1.54, 1.807) is 18.2 Å². The van der Waals surface area contributed by atoms with Gasteiger partial charge in [0.05, 0.1) is 13.2 Å². The zero-order valence-electron chi connectivity index (χ0n) is 19.6. The van der Waals surface area contributed by atoms with Gasteiger partial charge in [0.25, 0.3) is 0 Å². The molecule has 4 nitrogen and oxygen atoms in total. The van der Waals surface area contributed by atoms with Crippen LogP contribution in [-0.4, -0.2) is 25.4 Å². The van der Waals surface area contributed by atoms with Gasteiger partial charge in [-0.05, 0) is 60.9 Å². The van der Waals surface area contributed by atoms with Gasteiger partial charge in [-0.1, -0.05) is 51.2 Å². The largest absolute Gasteiger partial charge is 0.494 e. The Kier molecular flexibility index (Phi) is 12.1. The Morgan fingerprint density at radius 1 is 0.765 bits per heavy atom. The van der Waals surface area contributed by atoms with Crippen LogP contribution in [0.25, 0.3) is 6.08 Å². The first-order valence-corrected chi connectivity index (χ1v) is 11.8. The number of hydrogen-bond acceptors (Lipinski definition) is 4. The molecule has 0 radical (unpaired) electrons. The molecule has 0 bridgehead atoms.